The maximum atomic E-state index is 14.4. The first kappa shape index (κ1) is 27.0. The van der Waals surface area contributed by atoms with E-state index in [1.54, 1.807) is 30.3 Å². The molecule has 3 N–H and O–H groups in total. The van der Waals surface area contributed by atoms with Gasteiger partial charge in [-0.05, 0) is 70.3 Å². The molecule has 0 fully saturated rings. The summed E-state index contributed by atoms with van der Waals surface area (Å²) in [7, 11) is 0. The van der Waals surface area contributed by atoms with Gasteiger partial charge in [-0.3, -0.25) is 9.69 Å². The van der Waals surface area contributed by atoms with Crippen LogP contribution in [0.1, 0.15) is 38.7 Å². The number of nitrogens with zero attached hydrogens (tertiary/aromatic N) is 2. The lowest BCUT2D eigenvalue weighted by molar-refractivity contribution is -0.125. The minimum Gasteiger partial charge on any atom is -0.491 e. The van der Waals surface area contributed by atoms with Gasteiger partial charge in [-0.25, -0.2) is 14.2 Å². The summed E-state index contributed by atoms with van der Waals surface area (Å²) in [5.74, 6) is -1.35. The molecule has 1 heterocycles. The molecule has 0 aliphatic carbocycles. The highest BCUT2D eigenvalue weighted by Crippen LogP contribution is 2.32. The van der Waals surface area contributed by atoms with Crippen molar-refractivity contribution in [2.24, 2.45) is 10.4 Å². The molecule has 0 radical (unpaired) electrons. The summed E-state index contributed by atoms with van der Waals surface area (Å²) in [6, 6.07) is 9.39. The summed E-state index contributed by atoms with van der Waals surface area (Å²) in [4.78, 5) is 31.2. The Hall–Kier alpha value is -2.57. The summed E-state index contributed by atoms with van der Waals surface area (Å²) in [5.41, 5.74) is 0.259. The third-order valence-electron chi connectivity index (χ3n) is 5.43. The van der Waals surface area contributed by atoms with Crippen LogP contribution >= 0.6 is 22.6 Å². The molecule has 2 aromatic rings. The molecule has 1 unspecified atom stereocenters. The Morgan fingerprint density at radius 3 is 2.54 bits per heavy atom. The van der Waals surface area contributed by atoms with Crippen LogP contribution in [-0.4, -0.2) is 58.7 Å². The molecule has 0 saturated heterocycles. The molecular formula is C25H29FIN3O5. The third kappa shape index (κ3) is 6.98. The van der Waals surface area contributed by atoms with Crippen molar-refractivity contribution in [3.05, 3.63) is 57.4 Å². The summed E-state index contributed by atoms with van der Waals surface area (Å²) < 4.78 is 20.4. The van der Waals surface area contributed by atoms with Crippen LogP contribution in [0.15, 0.2) is 47.5 Å². The highest BCUT2D eigenvalue weighted by atomic mass is 127. The smallest absolute Gasteiger partial charge is 0.345 e. The molecule has 0 aromatic heterocycles. The Bertz CT molecular complexity index is 1090. The topological polar surface area (TPSA) is 111 Å². The van der Waals surface area contributed by atoms with Gasteiger partial charge in [0, 0.05) is 9.78 Å². The molecule has 0 spiro atoms. The second-order valence-corrected chi connectivity index (χ2v) is 10.7. The highest BCUT2D eigenvalue weighted by Gasteiger charge is 2.42. The van der Waals surface area contributed by atoms with Crippen molar-refractivity contribution in [2.45, 2.75) is 45.4 Å². The van der Waals surface area contributed by atoms with E-state index in [-0.39, 0.29) is 25.3 Å². The molecule has 1 aliphatic heterocycles. The van der Waals surface area contributed by atoms with Gasteiger partial charge in [0.1, 0.15) is 30.4 Å². The number of carbonyl (C=O) groups excluding carboxylic acids is 2. The Morgan fingerprint density at radius 1 is 1.26 bits per heavy atom. The predicted molar refractivity (Wildman–Crippen MR) is 139 cm³/mol. The second kappa shape index (κ2) is 11.4. The first-order valence-corrected chi connectivity index (χ1v) is 12.2. The standard InChI is InChI=1S/C25H29FIN3O5/c1-25(2,3)13-21(22(32)29-20-9-6-16(27)12-19(20)26)30-23(33)18(14-28-24(30)34)15-4-7-17(8-5-15)35-11-10-31/h4-9,12,14,18,21,23,31,33H,10-11,13H2,1-3H3,(H,29,32)/t18-,21+,23?/m1/s1. The van der Waals surface area contributed by atoms with Gasteiger partial charge in [-0.1, -0.05) is 32.9 Å². The molecule has 0 bridgehead atoms. The number of urea groups is 1. The van der Waals surface area contributed by atoms with E-state index in [1.165, 1.54) is 18.3 Å². The van der Waals surface area contributed by atoms with E-state index in [1.807, 2.05) is 43.4 Å². The molecule has 35 heavy (non-hydrogen) atoms. The van der Waals surface area contributed by atoms with E-state index in [9.17, 15) is 19.1 Å². The van der Waals surface area contributed by atoms with Gasteiger partial charge in [0.15, 0.2) is 0 Å². The van der Waals surface area contributed by atoms with Gasteiger partial charge in [0.05, 0.1) is 18.2 Å². The van der Waals surface area contributed by atoms with Crippen LogP contribution in [-0.2, 0) is 4.79 Å². The van der Waals surface area contributed by atoms with Crippen LogP contribution in [0.25, 0.3) is 0 Å². The quantitative estimate of drug-likeness (QED) is 0.396. The molecule has 3 atom stereocenters. The molecule has 0 saturated carbocycles. The zero-order valence-corrected chi connectivity index (χ0v) is 21.9. The van der Waals surface area contributed by atoms with Crippen LogP contribution < -0.4 is 10.1 Å². The summed E-state index contributed by atoms with van der Waals surface area (Å²) in [6.45, 7) is 5.76. The third-order valence-corrected chi connectivity index (χ3v) is 6.10. The average Bonchev–Trinajstić information content (AvgIpc) is 2.78. The van der Waals surface area contributed by atoms with E-state index in [0.717, 1.165) is 4.90 Å². The summed E-state index contributed by atoms with van der Waals surface area (Å²) in [6.07, 6.45) is 0.200. The number of rotatable bonds is 8. The molecule has 3 rings (SSSR count). The van der Waals surface area contributed by atoms with E-state index >= 15 is 0 Å². The number of aliphatic hydroxyl groups is 2. The average molecular weight is 597 g/mol. The zero-order valence-electron chi connectivity index (χ0n) is 19.7. The Labute approximate surface area is 217 Å². The number of nitrogens with one attached hydrogen (secondary N) is 1. The van der Waals surface area contributed by atoms with E-state index in [4.69, 9.17) is 9.84 Å². The second-order valence-electron chi connectivity index (χ2n) is 9.44. The van der Waals surface area contributed by atoms with Crippen molar-refractivity contribution >= 4 is 46.4 Å². The number of aliphatic imine (C=N–C) groups is 1. The number of aliphatic hydroxyl groups excluding tert-OH is 2. The molecule has 1 aliphatic rings. The fourth-order valence-corrected chi connectivity index (χ4v) is 4.26. The Balaban J connectivity index is 1.89. The van der Waals surface area contributed by atoms with E-state index in [0.29, 0.717) is 14.9 Å². The number of hydrogen-bond donors (Lipinski definition) is 3. The van der Waals surface area contributed by atoms with Crippen molar-refractivity contribution in [1.82, 2.24) is 4.90 Å². The fraction of sp³-hybridized carbons (Fsp3) is 0.400. The van der Waals surface area contributed by atoms with Crippen LogP contribution in [0.2, 0.25) is 0 Å². The normalized spacial score (nSPS) is 18.9. The lowest BCUT2D eigenvalue weighted by Crippen LogP contribution is -2.56. The number of amides is 3. The van der Waals surface area contributed by atoms with E-state index < -0.39 is 41.4 Å². The van der Waals surface area contributed by atoms with Gasteiger partial charge in [-0.15, -0.1) is 0 Å². The maximum Gasteiger partial charge on any atom is 0.345 e. The predicted octanol–water partition coefficient (Wildman–Crippen LogP) is 4.15. The van der Waals surface area contributed by atoms with Crippen molar-refractivity contribution in [2.75, 3.05) is 18.5 Å². The molecule has 3 amide bonds. The Kier molecular flexibility index (Phi) is 8.84. The van der Waals surface area contributed by atoms with Crippen molar-refractivity contribution < 1.29 is 28.9 Å². The fourth-order valence-electron chi connectivity index (χ4n) is 3.80. The largest absolute Gasteiger partial charge is 0.491 e. The van der Waals surface area contributed by atoms with Crippen molar-refractivity contribution in [3.8, 4) is 5.75 Å². The van der Waals surface area contributed by atoms with E-state index in [2.05, 4.69) is 10.3 Å². The van der Waals surface area contributed by atoms with Crippen LogP contribution in [0.3, 0.4) is 0 Å². The number of benzene rings is 2. The van der Waals surface area contributed by atoms with Gasteiger partial charge < -0.3 is 20.3 Å². The number of anilines is 1. The van der Waals surface area contributed by atoms with Gasteiger partial charge in [0.25, 0.3) is 0 Å². The van der Waals surface area contributed by atoms with Crippen molar-refractivity contribution in [3.63, 3.8) is 0 Å². The minimum atomic E-state index is -1.37. The molecule has 188 valence electrons. The first-order valence-electron chi connectivity index (χ1n) is 11.1. The number of ether oxygens (including phenoxy) is 1. The Morgan fingerprint density at radius 2 is 1.94 bits per heavy atom. The van der Waals surface area contributed by atoms with Gasteiger partial charge in [-0.2, -0.15) is 0 Å². The highest BCUT2D eigenvalue weighted by molar-refractivity contribution is 14.1. The van der Waals surface area contributed by atoms with Gasteiger partial charge in [0.2, 0.25) is 5.91 Å². The molecular weight excluding hydrogens is 568 g/mol. The number of carbonyl (C=O) groups is 2. The molecule has 10 heteroatoms. The van der Waals surface area contributed by atoms with Crippen LogP contribution in [0.5, 0.6) is 5.75 Å². The minimum absolute atomic E-state index is 0.00760. The first-order chi connectivity index (χ1) is 16.5. The zero-order chi connectivity index (χ0) is 25.8. The summed E-state index contributed by atoms with van der Waals surface area (Å²) in [5, 5.41) is 22.7. The molecule has 8 nitrogen and oxygen atoms in total. The monoisotopic (exact) mass is 597 g/mol. The number of hydrogen-bond acceptors (Lipinski definition) is 5. The van der Waals surface area contributed by atoms with Crippen LogP contribution in [0.4, 0.5) is 14.9 Å². The van der Waals surface area contributed by atoms with Gasteiger partial charge >= 0.3 is 6.03 Å². The lowest BCUT2D eigenvalue weighted by Gasteiger charge is -2.40. The van der Waals surface area contributed by atoms with Crippen molar-refractivity contribution in [1.29, 1.82) is 0 Å². The SMILES string of the molecule is CC(C)(C)C[C@@H](C(=O)Nc1ccc(I)cc1F)N1C(=O)N=C[C@H](c2ccc(OCCO)cc2)C1O. The lowest BCUT2D eigenvalue weighted by atomic mass is 9.86. The maximum absolute atomic E-state index is 14.4. The summed E-state index contributed by atoms with van der Waals surface area (Å²) >= 11 is 1.97. The molecule has 2 aromatic carbocycles. The number of halogens is 2. The van der Waals surface area contributed by atoms with Crippen LogP contribution in [0, 0.1) is 14.8 Å².